The van der Waals surface area contributed by atoms with E-state index in [-0.39, 0.29) is 0 Å². The Kier molecular flexibility index (Phi) is 8.70. The van der Waals surface area contributed by atoms with Gasteiger partial charge in [0.25, 0.3) is 0 Å². The molecule has 0 aromatic rings. The van der Waals surface area contributed by atoms with E-state index in [1.54, 1.807) is 0 Å². The lowest BCUT2D eigenvalue weighted by Crippen LogP contribution is -2.37. The maximum Gasteiger partial charge on any atom is 0.00187 e. The van der Waals surface area contributed by atoms with Gasteiger partial charge in [-0.2, -0.15) is 0 Å². The first-order valence-electron chi connectivity index (χ1n) is 8.07. The van der Waals surface area contributed by atoms with Gasteiger partial charge in [0.15, 0.2) is 0 Å². The molecule has 0 saturated carbocycles. The van der Waals surface area contributed by atoms with Crippen molar-refractivity contribution in [2.75, 3.05) is 33.2 Å². The maximum absolute atomic E-state index is 3.65. The highest BCUT2D eigenvalue weighted by Crippen LogP contribution is 2.14. The van der Waals surface area contributed by atoms with Gasteiger partial charge in [-0.25, -0.2) is 0 Å². The monoisotopic (exact) mass is 254 g/mol. The van der Waals surface area contributed by atoms with E-state index in [4.69, 9.17) is 0 Å². The van der Waals surface area contributed by atoms with Crippen molar-refractivity contribution in [3.63, 3.8) is 0 Å². The lowest BCUT2D eigenvalue weighted by molar-refractivity contribution is 0.206. The van der Waals surface area contributed by atoms with Crippen molar-refractivity contribution in [3.8, 4) is 0 Å². The van der Waals surface area contributed by atoms with Crippen molar-refractivity contribution in [2.45, 2.75) is 58.8 Å². The minimum atomic E-state index is 0.881. The summed E-state index contributed by atoms with van der Waals surface area (Å²) in [5.74, 6) is 1.77. The SMILES string of the molecule is CC(C)CCCCCCNCC1CCCN(C)C1. The zero-order valence-corrected chi connectivity index (χ0v) is 12.9. The fraction of sp³-hybridized carbons (Fsp3) is 1.00. The third-order valence-corrected chi connectivity index (χ3v) is 4.04. The van der Waals surface area contributed by atoms with Crippen LogP contribution in [0.15, 0.2) is 0 Å². The van der Waals surface area contributed by atoms with E-state index in [9.17, 15) is 0 Å². The Morgan fingerprint density at radius 2 is 1.94 bits per heavy atom. The smallest absolute Gasteiger partial charge is 0.00187 e. The van der Waals surface area contributed by atoms with E-state index in [0.29, 0.717) is 0 Å². The molecular formula is C16H34N2. The molecule has 0 aromatic heterocycles. The van der Waals surface area contributed by atoms with Crippen LogP contribution in [0.25, 0.3) is 0 Å². The Labute approximate surface area is 115 Å². The average Bonchev–Trinajstić information content (AvgIpc) is 2.32. The van der Waals surface area contributed by atoms with Crippen LogP contribution in [0.2, 0.25) is 0 Å². The largest absolute Gasteiger partial charge is 0.316 e. The van der Waals surface area contributed by atoms with Crippen molar-refractivity contribution in [2.24, 2.45) is 11.8 Å². The highest BCUT2D eigenvalue weighted by atomic mass is 15.1. The Bertz CT molecular complexity index is 192. The Hall–Kier alpha value is -0.0800. The van der Waals surface area contributed by atoms with Crippen LogP contribution >= 0.6 is 0 Å². The van der Waals surface area contributed by atoms with Crippen molar-refractivity contribution in [1.29, 1.82) is 0 Å². The van der Waals surface area contributed by atoms with Crippen LogP contribution in [0.5, 0.6) is 0 Å². The predicted octanol–water partition coefficient (Wildman–Crippen LogP) is 3.52. The molecule has 108 valence electrons. The minimum absolute atomic E-state index is 0.881. The lowest BCUT2D eigenvalue weighted by atomic mass is 9.98. The second-order valence-corrected chi connectivity index (χ2v) is 6.57. The number of nitrogens with zero attached hydrogens (tertiary/aromatic N) is 1. The van der Waals surface area contributed by atoms with E-state index in [0.717, 1.165) is 11.8 Å². The number of piperidine rings is 1. The highest BCUT2D eigenvalue weighted by molar-refractivity contribution is 4.72. The van der Waals surface area contributed by atoms with E-state index >= 15 is 0 Å². The second-order valence-electron chi connectivity index (χ2n) is 6.57. The molecule has 2 heteroatoms. The van der Waals surface area contributed by atoms with Gasteiger partial charge in [-0.15, -0.1) is 0 Å². The number of nitrogens with one attached hydrogen (secondary N) is 1. The zero-order valence-electron chi connectivity index (χ0n) is 12.9. The maximum atomic E-state index is 3.65. The second kappa shape index (κ2) is 9.80. The number of hydrogen-bond acceptors (Lipinski definition) is 2. The van der Waals surface area contributed by atoms with Crippen LogP contribution in [0.3, 0.4) is 0 Å². The van der Waals surface area contributed by atoms with Gasteiger partial charge in [0.05, 0.1) is 0 Å². The first kappa shape index (κ1) is 16.0. The number of rotatable bonds is 9. The molecule has 1 unspecified atom stereocenters. The third-order valence-electron chi connectivity index (χ3n) is 4.04. The van der Waals surface area contributed by atoms with E-state index in [1.165, 1.54) is 71.1 Å². The highest BCUT2D eigenvalue weighted by Gasteiger charge is 2.15. The third kappa shape index (κ3) is 8.10. The first-order chi connectivity index (χ1) is 8.68. The molecule has 0 aromatic carbocycles. The Morgan fingerprint density at radius 3 is 2.67 bits per heavy atom. The lowest BCUT2D eigenvalue weighted by Gasteiger charge is -2.29. The molecule has 18 heavy (non-hydrogen) atoms. The average molecular weight is 254 g/mol. The fourth-order valence-corrected chi connectivity index (χ4v) is 2.90. The molecule has 1 fully saturated rings. The topological polar surface area (TPSA) is 15.3 Å². The summed E-state index contributed by atoms with van der Waals surface area (Å²) < 4.78 is 0. The summed E-state index contributed by atoms with van der Waals surface area (Å²) in [6.45, 7) is 9.69. The van der Waals surface area contributed by atoms with Crippen molar-refractivity contribution < 1.29 is 0 Å². The number of hydrogen-bond donors (Lipinski definition) is 1. The van der Waals surface area contributed by atoms with Crippen molar-refractivity contribution in [1.82, 2.24) is 10.2 Å². The molecular weight excluding hydrogens is 220 g/mol. The Morgan fingerprint density at radius 1 is 1.17 bits per heavy atom. The Balaban J connectivity index is 1.83. The zero-order chi connectivity index (χ0) is 13.2. The van der Waals surface area contributed by atoms with Gasteiger partial charge in [-0.1, -0.05) is 39.5 Å². The van der Waals surface area contributed by atoms with Crippen LogP contribution in [0.1, 0.15) is 58.8 Å². The van der Waals surface area contributed by atoms with Gasteiger partial charge < -0.3 is 10.2 Å². The van der Waals surface area contributed by atoms with Gasteiger partial charge in [0, 0.05) is 6.54 Å². The van der Waals surface area contributed by atoms with Gasteiger partial charge in [0.1, 0.15) is 0 Å². The first-order valence-corrected chi connectivity index (χ1v) is 8.07. The number of unbranched alkanes of at least 4 members (excludes halogenated alkanes) is 3. The molecule has 1 heterocycles. The summed E-state index contributed by atoms with van der Waals surface area (Å²) in [4.78, 5) is 2.47. The minimum Gasteiger partial charge on any atom is -0.316 e. The van der Waals surface area contributed by atoms with Crippen LogP contribution in [0.4, 0.5) is 0 Å². The molecule has 0 amide bonds. The predicted molar refractivity (Wildman–Crippen MR) is 81.0 cm³/mol. The summed E-state index contributed by atoms with van der Waals surface area (Å²) in [5.41, 5.74) is 0. The van der Waals surface area contributed by atoms with Gasteiger partial charge in [-0.05, 0) is 57.8 Å². The number of likely N-dealkylation sites (tertiary alicyclic amines) is 1. The molecule has 0 spiro atoms. The molecule has 1 aliphatic heterocycles. The summed E-state index contributed by atoms with van der Waals surface area (Å²) in [6, 6.07) is 0. The normalized spacial score (nSPS) is 21.7. The summed E-state index contributed by atoms with van der Waals surface area (Å²) in [7, 11) is 2.25. The summed E-state index contributed by atoms with van der Waals surface area (Å²) in [5, 5.41) is 3.65. The standard InChI is InChI=1S/C16H34N2/c1-15(2)9-6-4-5-7-11-17-13-16-10-8-12-18(3)14-16/h15-17H,4-14H2,1-3H3. The molecule has 2 nitrogen and oxygen atoms in total. The molecule has 1 N–H and O–H groups in total. The molecule has 1 saturated heterocycles. The molecule has 0 bridgehead atoms. The van der Waals surface area contributed by atoms with Crippen molar-refractivity contribution >= 4 is 0 Å². The van der Waals surface area contributed by atoms with E-state index in [2.05, 4.69) is 31.1 Å². The van der Waals surface area contributed by atoms with Gasteiger partial charge in [-0.3, -0.25) is 0 Å². The summed E-state index contributed by atoms with van der Waals surface area (Å²) >= 11 is 0. The van der Waals surface area contributed by atoms with Crippen LogP contribution in [-0.4, -0.2) is 38.1 Å². The molecule has 0 aliphatic carbocycles. The van der Waals surface area contributed by atoms with E-state index in [1.807, 2.05) is 0 Å². The molecule has 1 atom stereocenters. The van der Waals surface area contributed by atoms with Crippen LogP contribution in [0, 0.1) is 11.8 Å². The molecule has 1 aliphatic rings. The summed E-state index contributed by atoms with van der Waals surface area (Å²) in [6.07, 6.45) is 9.83. The van der Waals surface area contributed by atoms with Crippen LogP contribution in [-0.2, 0) is 0 Å². The molecule has 1 rings (SSSR count). The van der Waals surface area contributed by atoms with Crippen molar-refractivity contribution in [3.05, 3.63) is 0 Å². The molecule has 0 radical (unpaired) electrons. The van der Waals surface area contributed by atoms with E-state index < -0.39 is 0 Å². The van der Waals surface area contributed by atoms with Crippen LogP contribution < -0.4 is 5.32 Å². The van der Waals surface area contributed by atoms with Gasteiger partial charge >= 0.3 is 0 Å². The van der Waals surface area contributed by atoms with Gasteiger partial charge in [0.2, 0.25) is 0 Å². The quantitative estimate of drug-likeness (QED) is 0.633. The fourth-order valence-electron chi connectivity index (χ4n) is 2.90.